The van der Waals surface area contributed by atoms with Crippen molar-refractivity contribution in [2.24, 2.45) is 5.73 Å². The summed E-state index contributed by atoms with van der Waals surface area (Å²) in [4.78, 5) is 24.0. The van der Waals surface area contributed by atoms with E-state index in [1.165, 1.54) is 0 Å². The number of alkyl halides is 6. The summed E-state index contributed by atoms with van der Waals surface area (Å²) in [6, 6.07) is 5.69. The van der Waals surface area contributed by atoms with Crippen molar-refractivity contribution in [3.8, 4) is 0 Å². The third kappa shape index (κ3) is 6.21. The maximum atomic E-state index is 12.9. The average molecular weight is 483 g/mol. The van der Waals surface area contributed by atoms with E-state index < -0.39 is 46.9 Å². The molecular weight excluding hydrogens is 470 g/mol. The van der Waals surface area contributed by atoms with Crippen LogP contribution in [0.4, 0.5) is 26.3 Å². The van der Waals surface area contributed by atoms with Crippen molar-refractivity contribution in [1.82, 2.24) is 5.32 Å². The fourth-order valence-corrected chi connectivity index (χ4v) is 2.90. The molecule has 3 N–H and O–H groups in total. The molecule has 0 aliphatic rings. The number of benzene rings is 2. The van der Waals surface area contributed by atoms with Crippen LogP contribution in [0.3, 0.4) is 0 Å². The molecule has 0 saturated heterocycles. The quantitative estimate of drug-likeness (QED) is 0.623. The third-order valence-electron chi connectivity index (χ3n) is 3.83. The number of carbonyl (C=O) groups excluding carboxylic acids is 2. The van der Waals surface area contributed by atoms with Crippen LogP contribution in [0.5, 0.6) is 0 Å². The summed E-state index contributed by atoms with van der Waals surface area (Å²) >= 11 is 3.21. The van der Waals surface area contributed by atoms with Crippen molar-refractivity contribution >= 4 is 27.7 Å². The molecule has 0 heterocycles. The average Bonchev–Trinajstić information content (AvgIpc) is 2.59. The molecule has 0 radical (unpaired) electrons. The minimum absolute atomic E-state index is 0.0934. The van der Waals surface area contributed by atoms with E-state index in [1.807, 2.05) is 0 Å². The van der Waals surface area contributed by atoms with Gasteiger partial charge < -0.3 is 11.1 Å². The number of carbonyl (C=O) groups is 2. The molecule has 0 bridgehead atoms. The molecule has 0 aliphatic heterocycles. The van der Waals surface area contributed by atoms with Crippen LogP contribution in [0, 0.1) is 0 Å². The van der Waals surface area contributed by atoms with Gasteiger partial charge in [-0.15, -0.1) is 0 Å². The van der Waals surface area contributed by atoms with Crippen molar-refractivity contribution in [1.29, 1.82) is 0 Å². The molecule has 0 fully saturated rings. The largest absolute Gasteiger partial charge is 0.416 e. The molecule has 11 heteroatoms. The van der Waals surface area contributed by atoms with Crippen LogP contribution in [-0.4, -0.2) is 17.9 Å². The van der Waals surface area contributed by atoms with Crippen molar-refractivity contribution in [3.63, 3.8) is 0 Å². The molecule has 2 amide bonds. The van der Waals surface area contributed by atoms with Crippen LogP contribution in [0.15, 0.2) is 46.9 Å². The Hall–Kier alpha value is -2.56. The smallest absolute Gasteiger partial charge is 0.368 e. The van der Waals surface area contributed by atoms with E-state index in [1.54, 1.807) is 24.3 Å². The SMILES string of the molecule is NC(=O)[C@@H](Cc1cccc(Br)c1)NC(=O)c1cc(C(F)(F)F)cc(C(F)(F)F)c1. The normalized spacial score (nSPS) is 13.1. The zero-order valence-electron chi connectivity index (χ0n) is 14.4. The molecule has 0 spiro atoms. The van der Waals surface area contributed by atoms with Gasteiger partial charge in [0.15, 0.2) is 0 Å². The number of hydrogen-bond acceptors (Lipinski definition) is 2. The number of primary amides is 1. The predicted octanol–water partition coefficient (Wildman–Crippen LogP) is 4.31. The molecule has 0 saturated carbocycles. The summed E-state index contributed by atoms with van der Waals surface area (Å²) in [5.74, 6) is -2.29. The Morgan fingerprint density at radius 1 is 0.966 bits per heavy atom. The molecule has 0 unspecified atom stereocenters. The lowest BCUT2D eigenvalue weighted by Gasteiger charge is -2.18. The predicted molar refractivity (Wildman–Crippen MR) is 94.7 cm³/mol. The van der Waals surface area contributed by atoms with Crippen LogP contribution >= 0.6 is 15.9 Å². The highest BCUT2D eigenvalue weighted by atomic mass is 79.9. The van der Waals surface area contributed by atoms with Gasteiger partial charge in [0.1, 0.15) is 6.04 Å². The van der Waals surface area contributed by atoms with Crippen LogP contribution in [0.25, 0.3) is 0 Å². The van der Waals surface area contributed by atoms with Gasteiger partial charge in [0, 0.05) is 16.5 Å². The summed E-state index contributed by atoms with van der Waals surface area (Å²) in [6.07, 6.45) is -10.3. The molecule has 156 valence electrons. The first kappa shape index (κ1) is 22.7. The second kappa shape index (κ2) is 8.44. The van der Waals surface area contributed by atoms with E-state index in [9.17, 15) is 35.9 Å². The zero-order chi connectivity index (χ0) is 22.0. The van der Waals surface area contributed by atoms with Gasteiger partial charge in [-0.1, -0.05) is 28.1 Å². The van der Waals surface area contributed by atoms with Gasteiger partial charge in [-0.2, -0.15) is 26.3 Å². The van der Waals surface area contributed by atoms with Gasteiger partial charge in [0.05, 0.1) is 11.1 Å². The fraction of sp³-hybridized carbons (Fsp3) is 0.222. The number of rotatable bonds is 5. The summed E-state index contributed by atoms with van der Waals surface area (Å²) in [7, 11) is 0. The van der Waals surface area contributed by atoms with Crippen LogP contribution < -0.4 is 11.1 Å². The van der Waals surface area contributed by atoms with E-state index in [-0.39, 0.29) is 24.6 Å². The number of halogens is 7. The van der Waals surface area contributed by atoms with Crippen LogP contribution in [0.2, 0.25) is 0 Å². The highest BCUT2D eigenvalue weighted by molar-refractivity contribution is 9.10. The molecule has 29 heavy (non-hydrogen) atoms. The lowest BCUT2D eigenvalue weighted by atomic mass is 10.0. The molecule has 0 aromatic heterocycles. The Kier molecular flexibility index (Phi) is 6.61. The van der Waals surface area contributed by atoms with E-state index >= 15 is 0 Å². The maximum absolute atomic E-state index is 12.9. The fourth-order valence-electron chi connectivity index (χ4n) is 2.45. The van der Waals surface area contributed by atoms with Crippen molar-refractivity contribution in [2.45, 2.75) is 24.8 Å². The van der Waals surface area contributed by atoms with Crippen LogP contribution in [0.1, 0.15) is 27.0 Å². The standard InChI is InChI=1S/C18H13BrF6N2O2/c19-13-3-1-2-9(4-13)5-14(15(26)28)27-16(29)10-6-11(17(20,21)22)8-12(7-10)18(23,24)25/h1-4,6-8,14H,5H2,(H2,26,28)(H,27,29)/t14-/m1/s1. The molecular formula is C18H13BrF6N2O2. The Morgan fingerprint density at radius 2 is 1.52 bits per heavy atom. The van der Waals surface area contributed by atoms with E-state index in [2.05, 4.69) is 21.2 Å². The van der Waals surface area contributed by atoms with Crippen molar-refractivity contribution < 1.29 is 35.9 Å². The Balaban J connectivity index is 2.35. The molecule has 2 aromatic carbocycles. The number of nitrogens with one attached hydrogen (secondary N) is 1. The van der Waals surface area contributed by atoms with E-state index in [4.69, 9.17) is 5.73 Å². The highest BCUT2D eigenvalue weighted by Gasteiger charge is 2.37. The molecule has 0 aliphatic carbocycles. The van der Waals surface area contributed by atoms with Crippen LogP contribution in [-0.2, 0) is 23.6 Å². The Morgan fingerprint density at radius 3 is 1.97 bits per heavy atom. The number of nitrogens with two attached hydrogens (primary N) is 1. The summed E-state index contributed by atoms with van der Waals surface area (Å²) < 4.78 is 78.3. The van der Waals surface area contributed by atoms with Crippen molar-refractivity contribution in [2.75, 3.05) is 0 Å². The summed E-state index contributed by atoms with van der Waals surface area (Å²) in [6.45, 7) is 0. The Labute approximate surface area is 169 Å². The monoisotopic (exact) mass is 482 g/mol. The van der Waals surface area contributed by atoms with Gasteiger partial charge in [0.2, 0.25) is 5.91 Å². The van der Waals surface area contributed by atoms with Gasteiger partial charge in [-0.05, 0) is 35.9 Å². The molecule has 2 rings (SSSR count). The van der Waals surface area contributed by atoms with Gasteiger partial charge in [-0.25, -0.2) is 0 Å². The van der Waals surface area contributed by atoms with Gasteiger partial charge >= 0.3 is 12.4 Å². The van der Waals surface area contributed by atoms with E-state index in [0.29, 0.717) is 10.0 Å². The minimum Gasteiger partial charge on any atom is -0.368 e. The lowest BCUT2D eigenvalue weighted by molar-refractivity contribution is -0.143. The highest BCUT2D eigenvalue weighted by Crippen LogP contribution is 2.36. The Bertz CT molecular complexity index is 895. The van der Waals surface area contributed by atoms with E-state index in [0.717, 1.165) is 0 Å². The summed E-state index contributed by atoms with van der Waals surface area (Å²) in [5.41, 5.74) is 1.61. The number of hydrogen-bond donors (Lipinski definition) is 2. The molecule has 4 nitrogen and oxygen atoms in total. The second-order valence-electron chi connectivity index (χ2n) is 6.06. The lowest BCUT2D eigenvalue weighted by Crippen LogP contribution is -2.46. The first-order valence-electron chi connectivity index (χ1n) is 7.91. The first-order chi connectivity index (χ1) is 13.3. The molecule has 1 atom stereocenters. The van der Waals surface area contributed by atoms with Gasteiger partial charge in [-0.3, -0.25) is 9.59 Å². The summed E-state index contributed by atoms with van der Waals surface area (Å²) in [5, 5.41) is 2.09. The molecule has 2 aromatic rings. The minimum atomic E-state index is -5.10. The number of amides is 2. The van der Waals surface area contributed by atoms with Crippen molar-refractivity contribution in [3.05, 3.63) is 69.2 Å². The van der Waals surface area contributed by atoms with Gasteiger partial charge in [0.25, 0.3) is 5.91 Å². The third-order valence-corrected chi connectivity index (χ3v) is 4.32. The second-order valence-corrected chi connectivity index (χ2v) is 6.97. The maximum Gasteiger partial charge on any atom is 0.416 e. The topological polar surface area (TPSA) is 72.2 Å². The first-order valence-corrected chi connectivity index (χ1v) is 8.71. The zero-order valence-corrected chi connectivity index (χ0v) is 16.0.